The van der Waals surface area contributed by atoms with Gasteiger partial charge in [-0.2, -0.15) is 9.61 Å². The number of fused-ring (bicyclic) bond motifs is 1. The summed E-state index contributed by atoms with van der Waals surface area (Å²) in [5.41, 5.74) is 3.14. The molecule has 178 valence electrons. The number of benzene rings is 1. The summed E-state index contributed by atoms with van der Waals surface area (Å²) in [4.78, 5) is 19.3. The number of piperidine rings is 1. The van der Waals surface area contributed by atoms with E-state index in [0.29, 0.717) is 16.9 Å². The van der Waals surface area contributed by atoms with Crippen LogP contribution in [-0.4, -0.2) is 44.4 Å². The van der Waals surface area contributed by atoms with E-state index in [1.165, 1.54) is 6.42 Å². The smallest absolute Gasteiger partial charge is 0.337 e. The van der Waals surface area contributed by atoms with Gasteiger partial charge in [-0.3, -0.25) is 0 Å². The molecule has 7 nitrogen and oxygen atoms in total. The Balaban J connectivity index is 0.00000149. The first-order valence-electron chi connectivity index (χ1n) is 11.9. The number of aryl methyl sites for hydroxylation is 1. The number of carboxylic acid groups (broad SMARTS) is 1. The van der Waals surface area contributed by atoms with Crippen molar-refractivity contribution >= 4 is 17.4 Å². The zero-order valence-corrected chi connectivity index (χ0v) is 20.6. The van der Waals surface area contributed by atoms with Gasteiger partial charge in [0, 0.05) is 30.4 Å². The first-order chi connectivity index (χ1) is 15.7. The molecule has 1 N–H and O–H groups in total. The summed E-state index contributed by atoms with van der Waals surface area (Å²) in [7, 11) is 0. The van der Waals surface area contributed by atoms with Crippen LogP contribution in [0.5, 0.6) is 0 Å². The van der Waals surface area contributed by atoms with E-state index in [-0.39, 0.29) is 0 Å². The second-order valence-electron chi connectivity index (χ2n) is 9.10. The number of carboxylic acids is 1. The number of anilines is 1. The van der Waals surface area contributed by atoms with Gasteiger partial charge in [0.05, 0.1) is 16.9 Å². The van der Waals surface area contributed by atoms with Crippen LogP contribution in [0.2, 0.25) is 0 Å². The van der Waals surface area contributed by atoms with E-state index in [1.54, 1.807) is 4.52 Å². The van der Waals surface area contributed by atoms with Crippen molar-refractivity contribution in [2.75, 3.05) is 18.0 Å². The van der Waals surface area contributed by atoms with Crippen molar-refractivity contribution in [1.82, 2.24) is 14.6 Å². The predicted octanol–water partition coefficient (Wildman–Crippen LogP) is 5.66. The van der Waals surface area contributed by atoms with Crippen molar-refractivity contribution in [1.29, 1.82) is 0 Å². The molecule has 7 heteroatoms. The molecule has 0 aliphatic carbocycles. The first-order valence-corrected chi connectivity index (χ1v) is 11.9. The van der Waals surface area contributed by atoms with Crippen LogP contribution in [0, 0.1) is 6.92 Å². The minimum atomic E-state index is -1.13. The number of ether oxygens (including phenoxy) is 1. The molecule has 1 saturated heterocycles. The van der Waals surface area contributed by atoms with Crippen molar-refractivity contribution in [2.24, 2.45) is 0 Å². The average molecular weight is 453 g/mol. The van der Waals surface area contributed by atoms with E-state index in [9.17, 15) is 9.90 Å². The van der Waals surface area contributed by atoms with Crippen LogP contribution >= 0.6 is 0 Å². The molecule has 0 amide bonds. The van der Waals surface area contributed by atoms with Gasteiger partial charge < -0.3 is 14.7 Å². The maximum Gasteiger partial charge on any atom is 0.337 e. The molecular formula is C26H36N4O3. The average Bonchev–Trinajstić information content (AvgIpc) is 3.22. The molecule has 2 aromatic heterocycles. The molecule has 1 unspecified atom stereocenters. The number of rotatable bonds is 5. The van der Waals surface area contributed by atoms with E-state index < -0.39 is 17.7 Å². The normalized spacial score (nSPS) is 15.2. The maximum atomic E-state index is 12.3. The van der Waals surface area contributed by atoms with E-state index >= 15 is 0 Å². The Morgan fingerprint density at radius 3 is 2.30 bits per heavy atom. The van der Waals surface area contributed by atoms with Gasteiger partial charge in [-0.05, 0) is 47.0 Å². The summed E-state index contributed by atoms with van der Waals surface area (Å²) in [6.07, 6.45) is 2.17. The molecule has 0 bridgehead atoms. The Morgan fingerprint density at radius 1 is 1.09 bits per heavy atom. The fraction of sp³-hybridized carbons (Fsp3) is 0.500. The van der Waals surface area contributed by atoms with Crippen molar-refractivity contribution in [3.63, 3.8) is 0 Å². The van der Waals surface area contributed by atoms with Gasteiger partial charge in [0.25, 0.3) is 0 Å². The molecule has 3 aromatic rings. The number of aliphatic carboxylic acids is 1. The predicted molar refractivity (Wildman–Crippen MR) is 132 cm³/mol. The van der Waals surface area contributed by atoms with Crippen molar-refractivity contribution in [2.45, 2.75) is 72.5 Å². The molecule has 0 radical (unpaired) electrons. The molecule has 1 aromatic carbocycles. The molecule has 1 aliphatic heterocycles. The van der Waals surface area contributed by atoms with E-state index in [2.05, 4.69) is 4.90 Å². The lowest BCUT2D eigenvalue weighted by Crippen LogP contribution is -2.35. The van der Waals surface area contributed by atoms with Crippen LogP contribution < -0.4 is 4.90 Å². The second kappa shape index (κ2) is 10.3. The van der Waals surface area contributed by atoms with Crippen molar-refractivity contribution in [3.05, 3.63) is 47.7 Å². The van der Waals surface area contributed by atoms with Crippen molar-refractivity contribution < 1.29 is 14.6 Å². The van der Waals surface area contributed by atoms with E-state index in [0.717, 1.165) is 43.0 Å². The zero-order valence-electron chi connectivity index (χ0n) is 20.6. The van der Waals surface area contributed by atoms with Gasteiger partial charge in [0.2, 0.25) is 0 Å². The Bertz CT molecular complexity index is 1080. The molecule has 1 fully saturated rings. The van der Waals surface area contributed by atoms with E-state index in [1.807, 2.05) is 77.9 Å². The molecule has 1 aliphatic rings. The highest BCUT2D eigenvalue weighted by molar-refractivity contribution is 5.79. The van der Waals surface area contributed by atoms with Gasteiger partial charge in [-0.15, -0.1) is 0 Å². The highest BCUT2D eigenvalue weighted by Gasteiger charge is 2.34. The second-order valence-corrected chi connectivity index (χ2v) is 9.10. The van der Waals surface area contributed by atoms with Gasteiger partial charge in [0.15, 0.2) is 11.8 Å². The van der Waals surface area contributed by atoms with Crippen molar-refractivity contribution in [3.8, 4) is 11.3 Å². The topological polar surface area (TPSA) is 80.0 Å². The van der Waals surface area contributed by atoms with Gasteiger partial charge in [-0.1, -0.05) is 44.2 Å². The number of carbonyl (C=O) groups is 1. The Hall–Kier alpha value is -2.93. The van der Waals surface area contributed by atoms with Crippen LogP contribution in [0.15, 0.2) is 36.4 Å². The van der Waals surface area contributed by atoms with Gasteiger partial charge >= 0.3 is 5.97 Å². The van der Waals surface area contributed by atoms with Crippen LogP contribution in [0.4, 0.5) is 5.82 Å². The molecule has 4 rings (SSSR count). The Kier molecular flexibility index (Phi) is 7.74. The Labute approximate surface area is 196 Å². The number of nitrogens with zero attached hydrogens (tertiary/aromatic N) is 4. The lowest BCUT2D eigenvalue weighted by Gasteiger charge is -2.33. The molecular weight excluding hydrogens is 416 g/mol. The molecule has 1 atom stereocenters. The number of hydrogen-bond acceptors (Lipinski definition) is 5. The fourth-order valence-electron chi connectivity index (χ4n) is 4.17. The van der Waals surface area contributed by atoms with Gasteiger partial charge in [0.1, 0.15) is 5.82 Å². The van der Waals surface area contributed by atoms with Crippen LogP contribution in [0.1, 0.15) is 71.2 Å². The maximum absolute atomic E-state index is 12.3. The molecule has 33 heavy (non-hydrogen) atoms. The standard InChI is InChI=1S/C24H30N4O3.C2H6/c1-16-20(21(23(29)30)31-24(2,3)4)22(27-13-9-6-10-14-27)28-19(25-16)15-18(26-28)17-11-7-5-8-12-17;1-2/h5,7-8,11-12,15,21H,6,9-10,13-14H2,1-4H3,(H,29,30);1-2H3. The summed E-state index contributed by atoms with van der Waals surface area (Å²) in [6, 6.07) is 11.9. The summed E-state index contributed by atoms with van der Waals surface area (Å²) in [5.74, 6) is -0.242. The third-order valence-electron chi connectivity index (χ3n) is 5.49. The highest BCUT2D eigenvalue weighted by Crippen LogP contribution is 2.36. The number of hydrogen-bond donors (Lipinski definition) is 1. The summed E-state index contributed by atoms with van der Waals surface area (Å²) in [6.45, 7) is 13.2. The lowest BCUT2D eigenvalue weighted by molar-refractivity contribution is -0.160. The monoisotopic (exact) mass is 452 g/mol. The first kappa shape index (κ1) is 24.7. The fourth-order valence-corrected chi connectivity index (χ4v) is 4.17. The number of aromatic nitrogens is 3. The van der Waals surface area contributed by atoms with Crippen LogP contribution in [0.25, 0.3) is 16.9 Å². The summed E-state index contributed by atoms with van der Waals surface area (Å²) >= 11 is 0. The molecule has 0 saturated carbocycles. The molecule has 3 heterocycles. The van der Waals surface area contributed by atoms with Gasteiger partial charge in [-0.25, -0.2) is 9.78 Å². The summed E-state index contributed by atoms with van der Waals surface area (Å²) in [5, 5.41) is 15.0. The van der Waals surface area contributed by atoms with E-state index in [4.69, 9.17) is 14.8 Å². The third kappa shape index (κ3) is 5.53. The molecule has 0 spiro atoms. The largest absolute Gasteiger partial charge is 0.479 e. The van der Waals surface area contributed by atoms with Crippen LogP contribution in [-0.2, 0) is 9.53 Å². The zero-order chi connectivity index (χ0) is 24.2. The minimum Gasteiger partial charge on any atom is -0.479 e. The minimum absolute atomic E-state index is 0.583. The SMILES string of the molecule is CC.Cc1nc2cc(-c3ccccc3)nn2c(N2CCCCC2)c1C(OC(C)(C)C)C(=O)O. The lowest BCUT2D eigenvalue weighted by atomic mass is 10.0. The summed E-state index contributed by atoms with van der Waals surface area (Å²) < 4.78 is 7.83. The third-order valence-corrected chi connectivity index (χ3v) is 5.49. The quantitative estimate of drug-likeness (QED) is 0.538. The highest BCUT2D eigenvalue weighted by atomic mass is 16.5. The Morgan fingerprint density at radius 2 is 1.73 bits per heavy atom. The van der Waals surface area contributed by atoms with Crippen LogP contribution in [0.3, 0.4) is 0 Å².